The fraction of sp³-hybridized carbons (Fsp3) is 0.458. The number of amides is 1. The molecule has 3 rings (SSSR count). The van der Waals surface area contributed by atoms with Crippen molar-refractivity contribution in [3.8, 4) is 11.5 Å². The molecule has 2 aromatic carbocycles. The average molecular weight is 446 g/mol. The summed E-state index contributed by atoms with van der Waals surface area (Å²) in [6, 6.07) is 12.9. The number of rotatable bonds is 8. The molecule has 168 valence electrons. The maximum Gasteiger partial charge on any atom is 0.253 e. The van der Waals surface area contributed by atoms with Crippen LogP contribution in [0.5, 0.6) is 11.5 Å². The van der Waals surface area contributed by atoms with Gasteiger partial charge in [0.15, 0.2) is 9.84 Å². The molecule has 1 amide bonds. The van der Waals surface area contributed by atoms with Gasteiger partial charge < -0.3 is 14.4 Å². The molecular weight excluding hydrogens is 414 g/mol. The van der Waals surface area contributed by atoms with E-state index in [1.807, 2.05) is 11.0 Å². The smallest absolute Gasteiger partial charge is 0.253 e. The van der Waals surface area contributed by atoms with Gasteiger partial charge in [0.2, 0.25) is 0 Å². The minimum absolute atomic E-state index is 0.00791. The SMILES string of the molecule is COc1cc(CCC2CCN(C(=O)c3ccc(CS(C)(=O)=O)cc3)CC2)cc(OC)c1. The minimum atomic E-state index is -3.08. The monoisotopic (exact) mass is 445 g/mol. The number of aryl methyl sites for hydroxylation is 1. The summed E-state index contributed by atoms with van der Waals surface area (Å²) in [7, 11) is 0.235. The first-order chi connectivity index (χ1) is 14.8. The molecule has 2 aromatic rings. The van der Waals surface area contributed by atoms with Gasteiger partial charge in [-0.25, -0.2) is 8.42 Å². The van der Waals surface area contributed by atoms with Crippen LogP contribution in [0.2, 0.25) is 0 Å². The highest BCUT2D eigenvalue weighted by atomic mass is 32.2. The molecule has 0 aromatic heterocycles. The van der Waals surface area contributed by atoms with E-state index < -0.39 is 9.84 Å². The van der Waals surface area contributed by atoms with E-state index in [1.165, 1.54) is 11.8 Å². The number of methoxy groups -OCH3 is 2. The molecule has 1 aliphatic heterocycles. The van der Waals surface area contributed by atoms with Crippen LogP contribution in [-0.2, 0) is 22.0 Å². The van der Waals surface area contributed by atoms with E-state index in [0.29, 0.717) is 17.0 Å². The standard InChI is InChI=1S/C24H31NO5S/c1-29-22-14-20(15-23(16-22)30-2)5-4-18-10-12-25(13-11-18)24(26)21-8-6-19(7-9-21)17-31(3,27)28/h6-9,14-16,18H,4-5,10-13,17H2,1-3H3. The van der Waals surface area contributed by atoms with Crippen molar-refractivity contribution in [2.45, 2.75) is 31.4 Å². The van der Waals surface area contributed by atoms with Crippen molar-refractivity contribution in [3.05, 3.63) is 59.2 Å². The van der Waals surface area contributed by atoms with Crippen molar-refractivity contribution < 1.29 is 22.7 Å². The maximum absolute atomic E-state index is 12.8. The van der Waals surface area contributed by atoms with Gasteiger partial charge in [0.05, 0.1) is 20.0 Å². The van der Waals surface area contributed by atoms with E-state index in [0.717, 1.165) is 50.3 Å². The van der Waals surface area contributed by atoms with Crippen molar-refractivity contribution >= 4 is 15.7 Å². The highest BCUT2D eigenvalue weighted by molar-refractivity contribution is 7.89. The number of carbonyl (C=O) groups is 1. The Bertz CT molecular complexity index is 971. The molecule has 0 spiro atoms. The van der Waals surface area contributed by atoms with E-state index in [1.54, 1.807) is 38.5 Å². The van der Waals surface area contributed by atoms with Gasteiger partial charge in [-0.1, -0.05) is 12.1 Å². The van der Waals surface area contributed by atoms with Gasteiger partial charge in [0.1, 0.15) is 11.5 Å². The Kier molecular flexibility index (Phi) is 7.59. The van der Waals surface area contributed by atoms with Crippen LogP contribution in [0.4, 0.5) is 0 Å². The zero-order valence-corrected chi connectivity index (χ0v) is 19.3. The van der Waals surface area contributed by atoms with Crippen LogP contribution in [0.15, 0.2) is 42.5 Å². The topological polar surface area (TPSA) is 72.9 Å². The van der Waals surface area contributed by atoms with Crippen LogP contribution < -0.4 is 9.47 Å². The molecule has 1 fully saturated rings. The van der Waals surface area contributed by atoms with E-state index in [9.17, 15) is 13.2 Å². The first-order valence-corrected chi connectivity index (χ1v) is 12.6. The van der Waals surface area contributed by atoms with E-state index >= 15 is 0 Å². The molecule has 0 radical (unpaired) electrons. The molecule has 0 atom stereocenters. The second-order valence-corrected chi connectivity index (χ2v) is 10.4. The number of carbonyl (C=O) groups excluding carboxylic acids is 1. The molecule has 0 saturated carbocycles. The summed E-state index contributed by atoms with van der Waals surface area (Å²) in [5.74, 6) is 2.20. The van der Waals surface area contributed by atoms with E-state index in [4.69, 9.17) is 9.47 Å². The number of piperidine rings is 1. The second-order valence-electron chi connectivity index (χ2n) is 8.26. The quantitative estimate of drug-likeness (QED) is 0.619. The van der Waals surface area contributed by atoms with Crippen LogP contribution in [0.25, 0.3) is 0 Å². The maximum atomic E-state index is 12.8. The summed E-state index contributed by atoms with van der Waals surface area (Å²) < 4.78 is 33.5. The Hall–Kier alpha value is -2.54. The number of benzene rings is 2. The van der Waals surface area contributed by atoms with Gasteiger partial charge in [-0.2, -0.15) is 0 Å². The van der Waals surface area contributed by atoms with Gasteiger partial charge in [0, 0.05) is 31.0 Å². The Morgan fingerprint density at radius 3 is 2.06 bits per heavy atom. The normalized spacial score (nSPS) is 15.0. The molecule has 7 heteroatoms. The number of ether oxygens (including phenoxy) is 2. The molecule has 0 aliphatic carbocycles. The van der Waals surface area contributed by atoms with E-state index in [2.05, 4.69) is 12.1 Å². The van der Waals surface area contributed by atoms with Crippen molar-refractivity contribution in [1.29, 1.82) is 0 Å². The molecule has 0 unspecified atom stereocenters. The Labute approximate surface area is 185 Å². The average Bonchev–Trinajstić information content (AvgIpc) is 2.76. The van der Waals surface area contributed by atoms with Crippen molar-refractivity contribution in [1.82, 2.24) is 4.90 Å². The van der Waals surface area contributed by atoms with Gasteiger partial charge in [-0.05, 0) is 67.0 Å². The molecular formula is C24H31NO5S. The molecule has 31 heavy (non-hydrogen) atoms. The second kappa shape index (κ2) is 10.2. The van der Waals surface area contributed by atoms with Crippen LogP contribution in [0, 0.1) is 5.92 Å². The van der Waals surface area contributed by atoms with Crippen molar-refractivity contribution in [3.63, 3.8) is 0 Å². The molecule has 0 N–H and O–H groups in total. The highest BCUT2D eigenvalue weighted by Gasteiger charge is 2.23. The fourth-order valence-corrected chi connectivity index (χ4v) is 4.83. The summed E-state index contributed by atoms with van der Waals surface area (Å²) in [4.78, 5) is 14.7. The summed E-state index contributed by atoms with van der Waals surface area (Å²) in [5.41, 5.74) is 2.51. The Morgan fingerprint density at radius 1 is 0.968 bits per heavy atom. The lowest BCUT2D eigenvalue weighted by Gasteiger charge is -2.32. The van der Waals surface area contributed by atoms with Crippen LogP contribution >= 0.6 is 0 Å². The lowest BCUT2D eigenvalue weighted by Crippen LogP contribution is -2.38. The molecule has 0 bridgehead atoms. The minimum Gasteiger partial charge on any atom is -0.497 e. The number of hydrogen-bond acceptors (Lipinski definition) is 5. The summed E-state index contributed by atoms with van der Waals surface area (Å²) in [6.07, 6.45) is 5.20. The predicted molar refractivity (Wildman–Crippen MR) is 121 cm³/mol. The number of hydrogen-bond donors (Lipinski definition) is 0. The predicted octanol–water partition coefficient (Wildman–Crippen LogP) is 3.73. The first-order valence-electron chi connectivity index (χ1n) is 10.6. The number of sulfone groups is 1. The summed E-state index contributed by atoms with van der Waals surface area (Å²) >= 11 is 0. The van der Waals surface area contributed by atoms with Gasteiger partial charge in [-0.15, -0.1) is 0 Å². The molecule has 1 heterocycles. The zero-order valence-electron chi connectivity index (χ0n) is 18.5. The first kappa shape index (κ1) is 23.1. The van der Waals surface area contributed by atoms with Gasteiger partial charge >= 0.3 is 0 Å². The summed E-state index contributed by atoms with van der Waals surface area (Å²) in [6.45, 7) is 1.49. The highest BCUT2D eigenvalue weighted by Crippen LogP contribution is 2.27. The van der Waals surface area contributed by atoms with Gasteiger partial charge in [-0.3, -0.25) is 4.79 Å². The lowest BCUT2D eigenvalue weighted by molar-refractivity contribution is 0.0687. The molecule has 1 saturated heterocycles. The fourth-order valence-electron chi connectivity index (χ4n) is 4.04. The van der Waals surface area contributed by atoms with E-state index in [-0.39, 0.29) is 11.7 Å². The third-order valence-electron chi connectivity index (χ3n) is 5.78. The molecule has 6 nitrogen and oxygen atoms in total. The van der Waals surface area contributed by atoms with Gasteiger partial charge in [0.25, 0.3) is 5.91 Å². The summed E-state index contributed by atoms with van der Waals surface area (Å²) in [5, 5.41) is 0. The molecule has 1 aliphatic rings. The van der Waals surface area contributed by atoms with Crippen LogP contribution in [-0.4, -0.2) is 52.8 Å². The zero-order chi connectivity index (χ0) is 22.4. The van der Waals surface area contributed by atoms with Crippen LogP contribution in [0.1, 0.15) is 40.7 Å². The number of likely N-dealkylation sites (tertiary alicyclic amines) is 1. The van der Waals surface area contributed by atoms with Crippen molar-refractivity contribution in [2.24, 2.45) is 5.92 Å². The Balaban J connectivity index is 1.51. The van der Waals surface area contributed by atoms with Crippen molar-refractivity contribution in [2.75, 3.05) is 33.6 Å². The largest absolute Gasteiger partial charge is 0.497 e. The Morgan fingerprint density at radius 2 is 1.55 bits per heavy atom. The third-order valence-corrected chi connectivity index (χ3v) is 6.64. The van der Waals surface area contributed by atoms with Crippen LogP contribution in [0.3, 0.4) is 0 Å². The lowest BCUT2D eigenvalue weighted by atomic mass is 9.90. The third kappa shape index (κ3) is 6.72. The number of nitrogens with zero attached hydrogens (tertiary/aromatic N) is 1.